The molecular weight excluding hydrogens is 264 g/mol. The molecule has 1 unspecified atom stereocenters. The van der Waals surface area contributed by atoms with Gasteiger partial charge < -0.3 is 20.7 Å². The minimum Gasteiger partial charge on any atom is -0.493 e. The second-order valence-corrected chi connectivity index (χ2v) is 6.28. The molecule has 0 amide bonds. The molecule has 1 aromatic rings. The van der Waals surface area contributed by atoms with E-state index in [9.17, 15) is 0 Å². The van der Waals surface area contributed by atoms with Gasteiger partial charge in [-0.3, -0.25) is 4.99 Å². The lowest BCUT2D eigenvalue weighted by atomic mass is 10.0. The van der Waals surface area contributed by atoms with Crippen molar-refractivity contribution >= 4 is 5.96 Å². The van der Waals surface area contributed by atoms with E-state index >= 15 is 0 Å². The molecule has 2 rings (SSSR count). The maximum absolute atomic E-state index is 6.05. The smallest absolute Gasteiger partial charge is 0.189 e. The molecule has 0 spiro atoms. The third-order valence-corrected chi connectivity index (χ3v) is 4.13. The molecular formula is C16H26N4O. The quantitative estimate of drug-likeness (QED) is 0.655. The van der Waals surface area contributed by atoms with Crippen molar-refractivity contribution in [1.82, 2.24) is 10.2 Å². The summed E-state index contributed by atoms with van der Waals surface area (Å²) in [6.07, 6.45) is 0.893. The summed E-state index contributed by atoms with van der Waals surface area (Å²) in [5.41, 5.74) is 7.18. The Morgan fingerprint density at radius 1 is 1.43 bits per heavy atom. The van der Waals surface area contributed by atoms with E-state index < -0.39 is 0 Å². The minimum atomic E-state index is -0.0140. The molecule has 1 atom stereocenters. The molecule has 116 valence electrons. The first-order valence-electron chi connectivity index (χ1n) is 7.36. The number of nitrogens with two attached hydrogens (primary N) is 1. The van der Waals surface area contributed by atoms with Gasteiger partial charge in [-0.25, -0.2) is 0 Å². The van der Waals surface area contributed by atoms with Crippen LogP contribution in [0, 0.1) is 0 Å². The summed E-state index contributed by atoms with van der Waals surface area (Å²) in [6, 6.07) is 8.24. The normalized spacial score (nSPS) is 19.1. The molecule has 0 fully saturated rings. The first kappa shape index (κ1) is 15.6. The lowest BCUT2D eigenvalue weighted by Crippen LogP contribution is -2.43. The van der Waals surface area contributed by atoms with Gasteiger partial charge in [0.25, 0.3) is 0 Å². The molecule has 0 aromatic heterocycles. The van der Waals surface area contributed by atoms with Gasteiger partial charge in [0, 0.05) is 17.5 Å². The van der Waals surface area contributed by atoms with Crippen molar-refractivity contribution in [2.24, 2.45) is 10.7 Å². The largest absolute Gasteiger partial charge is 0.493 e. The van der Waals surface area contributed by atoms with E-state index in [1.54, 1.807) is 0 Å². The van der Waals surface area contributed by atoms with Crippen LogP contribution in [-0.2, 0) is 0 Å². The maximum atomic E-state index is 6.05. The van der Waals surface area contributed by atoms with Crippen LogP contribution < -0.4 is 15.8 Å². The summed E-state index contributed by atoms with van der Waals surface area (Å²) in [5.74, 6) is 1.43. The van der Waals surface area contributed by atoms with Gasteiger partial charge in [0.15, 0.2) is 5.96 Å². The van der Waals surface area contributed by atoms with Gasteiger partial charge in [-0.15, -0.1) is 0 Å². The summed E-state index contributed by atoms with van der Waals surface area (Å²) >= 11 is 0. The highest BCUT2D eigenvalue weighted by molar-refractivity contribution is 5.78. The number of aliphatic imine (C=N–C) groups is 1. The van der Waals surface area contributed by atoms with Crippen molar-refractivity contribution in [2.45, 2.75) is 31.8 Å². The highest BCUT2D eigenvalue weighted by atomic mass is 16.5. The number of ether oxygens (including phenoxy) is 1. The third-order valence-electron chi connectivity index (χ3n) is 4.13. The van der Waals surface area contributed by atoms with E-state index in [-0.39, 0.29) is 11.6 Å². The van der Waals surface area contributed by atoms with E-state index in [4.69, 9.17) is 10.5 Å². The topological polar surface area (TPSA) is 62.9 Å². The van der Waals surface area contributed by atoms with E-state index in [1.165, 1.54) is 0 Å². The molecule has 0 aliphatic carbocycles. The van der Waals surface area contributed by atoms with Gasteiger partial charge in [0.05, 0.1) is 19.2 Å². The number of nitrogens with one attached hydrogen (secondary N) is 1. The average molecular weight is 290 g/mol. The first-order valence-corrected chi connectivity index (χ1v) is 7.36. The summed E-state index contributed by atoms with van der Waals surface area (Å²) in [4.78, 5) is 6.63. The van der Waals surface area contributed by atoms with Crippen LogP contribution in [0.3, 0.4) is 0 Å². The lowest BCUT2D eigenvalue weighted by molar-refractivity contribution is 0.204. The first-order chi connectivity index (χ1) is 9.90. The van der Waals surface area contributed by atoms with Gasteiger partial charge in [0.2, 0.25) is 0 Å². The number of rotatable bonds is 4. The fourth-order valence-electron chi connectivity index (χ4n) is 2.14. The molecule has 0 radical (unpaired) electrons. The molecule has 0 bridgehead atoms. The monoisotopic (exact) mass is 290 g/mol. The maximum Gasteiger partial charge on any atom is 0.189 e. The minimum absolute atomic E-state index is 0.0140. The van der Waals surface area contributed by atoms with Crippen LogP contribution in [0.15, 0.2) is 29.3 Å². The number of nitrogens with zero attached hydrogens (tertiary/aromatic N) is 2. The number of para-hydroxylation sites is 1. The second-order valence-electron chi connectivity index (χ2n) is 6.28. The Balaban J connectivity index is 2.02. The number of fused-ring (bicyclic) bond motifs is 1. The fourth-order valence-corrected chi connectivity index (χ4v) is 2.14. The lowest BCUT2D eigenvalue weighted by Gasteiger charge is -2.31. The number of likely N-dealkylation sites (N-methyl/N-ethyl adjacent to an activating group) is 1. The van der Waals surface area contributed by atoms with Crippen LogP contribution in [0.2, 0.25) is 0 Å². The Labute approximate surface area is 127 Å². The van der Waals surface area contributed by atoms with Crippen LogP contribution in [0.1, 0.15) is 31.9 Å². The van der Waals surface area contributed by atoms with Crippen LogP contribution >= 0.6 is 0 Å². The van der Waals surface area contributed by atoms with Crippen molar-refractivity contribution in [3.05, 3.63) is 29.8 Å². The molecule has 5 nitrogen and oxygen atoms in total. The average Bonchev–Trinajstić information content (AvgIpc) is 2.45. The van der Waals surface area contributed by atoms with Crippen molar-refractivity contribution in [1.29, 1.82) is 0 Å². The molecule has 3 N–H and O–H groups in total. The van der Waals surface area contributed by atoms with Crippen molar-refractivity contribution < 1.29 is 4.74 Å². The van der Waals surface area contributed by atoms with E-state index in [2.05, 4.69) is 35.1 Å². The zero-order valence-corrected chi connectivity index (χ0v) is 13.4. The number of benzene rings is 1. The van der Waals surface area contributed by atoms with E-state index in [0.29, 0.717) is 19.1 Å². The molecule has 0 saturated heterocycles. The fraction of sp³-hybridized carbons (Fsp3) is 0.562. The predicted octanol–water partition coefficient (Wildman–Crippen LogP) is 1.75. The van der Waals surface area contributed by atoms with E-state index in [0.717, 1.165) is 17.7 Å². The molecule has 1 aliphatic heterocycles. The van der Waals surface area contributed by atoms with Crippen LogP contribution in [-0.4, -0.2) is 43.6 Å². The van der Waals surface area contributed by atoms with Gasteiger partial charge >= 0.3 is 0 Å². The standard InChI is InChI=1S/C16H26N4O/c1-16(2,20(3)4)11-18-15(17)19-13-9-10-21-14-8-6-5-7-12(13)14/h5-8,13H,9-11H2,1-4H3,(H3,17,18,19). The molecule has 1 heterocycles. The van der Waals surface area contributed by atoms with Crippen molar-refractivity contribution in [3.8, 4) is 5.75 Å². The SMILES string of the molecule is CN(C)C(C)(C)CN=C(N)NC1CCOc2ccccc21. The van der Waals surface area contributed by atoms with Gasteiger partial charge in [-0.05, 0) is 34.0 Å². The summed E-state index contributed by atoms with van der Waals surface area (Å²) in [5, 5.41) is 3.32. The molecule has 5 heteroatoms. The zero-order chi connectivity index (χ0) is 15.5. The Morgan fingerprint density at radius 2 is 2.14 bits per heavy atom. The Hall–Kier alpha value is -1.75. The summed E-state index contributed by atoms with van der Waals surface area (Å²) < 4.78 is 5.65. The predicted molar refractivity (Wildman–Crippen MR) is 86.7 cm³/mol. The zero-order valence-electron chi connectivity index (χ0n) is 13.4. The molecule has 0 saturated carbocycles. The third kappa shape index (κ3) is 3.88. The highest BCUT2D eigenvalue weighted by Crippen LogP contribution is 2.31. The van der Waals surface area contributed by atoms with Crippen LogP contribution in [0.25, 0.3) is 0 Å². The molecule has 1 aliphatic rings. The Kier molecular flexibility index (Phi) is 4.73. The summed E-state index contributed by atoms with van der Waals surface area (Å²) in [6.45, 7) is 5.65. The van der Waals surface area contributed by atoms with Crippen molar-refractivity contribution in [2.75, 3.05) is 27.2 Å². The highest BCUT2D eigenvalue weighted by Gasteiger charge is 2.22. The molecule has 1 aromatic carbocycles. The summed E-state index contributed by atoms with van der Waals surface area (Å²) in [7, 11) is 4.10. The Morgan fingerprint density at radius 3 is 2.86 bits per heavy atom. The van der Waals surface area contributed by atoms with Crippen LogP contribution in [0.5, 0.6) is 5.75 Å². The number of hydrogen-bond acceptors (Lipinski definition) is 3. The van der Waals surface area contributed by atoms with Crippen LogP contribution in [0.4, 0.5) is 0 Å². The van der Waals surface area contributed by atoms with Gasteiger partial charge in [0.1, 0.15) is 5.75 Å². The number of hydrogen-bond donors (Lipinski definition) is 2. The Bertz CT molecular complexity index is 511. The van der Waals surface area contributed by atoms with Crippen molar-refractivity contribution in [3.63, 3.8) is 0 Å². The van der Waals surface area contributed by atoms with E-state index in [1.807, 2.05) is 32.3 Å². The second kappa shape index (κ2) is 6.35. The van der Waals surface area contributed by atoms with Gasteiger partial charge in [-0.2, -0.15) is 0 Å². The molecule has 21 heavy (non-hydrogen) atoms. The number of guanidine groups is 1. The van der Waals surface area contributed by atoms with Gasteiger partial charge in [-0.1, -0.05) is 18.2 Å².